The van der Waals surface area contributed by atoms with E-state index in [2.05, 4.69) is 25.8 Å². The van der Waals surface area contributed by atoms with Crippen LogP contribution in [0.15, 0.2) is 29.1 Å². The molecule has 1 N–H and O–H groups in total. The lowest BCUT2D eigenvalue weighted by Gasteiger charge is -2.11. The highest BCUT2D eigenvalue weighted by Crippen LogP contribution is 2.22. The van der Waals surface area contributed by atoms with Gasteiger partial charge in [-0.3, -0.25) is 4.79 Å². The van der Waals surface area contributed by atoms with E-state index in [1.54, 1.807) is 6.07 Å². The van der Waals surface area contributed by atoms with E-state index in [-0.39, 0.29) is 5.43 Å². The molecule has 0 saturated carbocycles. The maximum atomic E-state index is 12.1. The largest absolute Gasteiger partial charge is 0.491 e. The van der Waals surface area contributed by atoms with Gasteiger partial charge < -0.3 is 9.72 Å². The summed E-state index contributed by atoms with van der Waals surface area (Å²) in [7, 11) is 0. The molecule has 1 aromatic heterocycles. The smallest absolute Gasteiger partial charge is 0.189 e. The third-order valence-electron chi connectivity index (χ3n) is 2.97. The Morgan fingerprint density at radius 2 is 2.11 bits per heavy atom. The minimum absolute atomic E-state index is 0.0614. The van der Waals surface area contributed by atoms with Crippen LogP contribution in [0.25, 0.3) is 10.9 Å². The summed E-state index contributed by atoms with van der Waals surface area (Å²) < 4.78 is 5.71. The number of aromatic nitrogens is 1. The minimum atomic E-state index is 0.0614. The van der Waals surface area contributed by atoms with Gasteiger partial charge in [-0.1, -0.05) is 26.8 Å². The van der Waals surface area contributed by atoms with Gasteiger partial charge in [0.05, 0.1) is 12.1 Å². The normalized spacial score (nSPS) is 11.2. The monoisotopic (exact) mass is 259 g/mol. The van der Waals surface area contributed by atoms with Gasteiger partial charge in [-0.25, -0.2) is 0 Å². The summed E-state index contributed by atoms with van der Waals surface area (Å²) in [5.41, 5.74) is 1.85. The highest BCUT2D eigenvalue weighted by atomic mass is 16.5. The molecule has 1 aromatic carbocycles. The molecule has 0 aliphatic rings. The molecule has 3 heteroatoms. The van der Waals surface area contributed by atoms with Crippen molar-refractivity contribution in [2.24, 2.45) is 5.92 Å². The SMILES string of the molecule is CCCOc1cccc2c(=O)cc(CC(C)C)[nH]c12. The zero-order valence-electron chi connectivity index (χ0n) is 11.8. The van der Waals surface area contributed by atoms with Gasteiger partial charge in [-0.15, -0.1) is 0 Å². The fourth-order valence-corrected chi connectivity index (χ4v) is 2.18. The van der Waals surface area contributed by atoms with Gasteiger partial charge in [0.25, 0.3) is 0 Å². The number of para-hydroxylation sites is 1. The summed E-state index contributed by atoms with van der Waals surface area (Å²) in [5.74, 6) is 1.28. The van der Waals surface area contributed by atoms with Crippen molar-refractivity contribution < 1.29 is 4.74 Å². The molecule has 0 aliphatic carbocycles. The Hall–Kier alpha value is -1.77. The van der Waals surface area contributed by atoms with Gasteiger partial charge in [-0.05, 0) is 30.9 Å². The van der Waals surface area contributed by atoms with Crippen LogP contribution in [0.4, 0.5) is 0 Å². The summed E-state index contributed by atoms with van der Waals surface area (Å²) >= 11 is 0. The standard InChI is InChI=1S/C16H21NO2/c1-4-8-19-15-7-5-6-13-14(18)10-12(9-11(2)3)17-16(13)15/h5-7,10-11H,4,8-9H2,1-3H3,(H,17,18). The molecule has 0 atom stereocenters. The number of fused-ring (bicyclic) bond motifs is 1. The summed E-state index contributed by atoms with van der Waals surface area (Å²) in [6.45, 7) is 7.01. The van der Waals surface area contributed by atoms with Crippen LogP contribution in [-0.2, 0) is 6.42 Å². The molecule has 0 unspecified atom stereocenters. The zero-order chi connectivity index (χ0) is 13.8. The fraction of sp³-hybridized carbons (Fsp3) is 0.438. The van der Waals surface area contributed by atoms with Gasteiger partial charge in [-0.2, -0.15) is 0 Å². The molecular formula is C16H21NO2. The van der Waals surface area contributed by atoms with Crippen LogP contribution in [0.2, 0.25) is 0 Å². The number of nitrogens with one attached hydrogen (secondary N) is 1. The van der Waals surface area contributed by atoms with Crippen molar-refractivity contribution in [3.8, 4) is 5.75 Å². The Labute approximate surface area is 113 Å². The van der Waals surface area contributed by atoms with Gasteiger partial charge in [0.2, 0.25) is 0 Å². The van der Waals surface area contributed by atoms with Crippen LogP contribution in [0.3, 0.4) is 0 Å². The average Bonchev–Trinajstić information content (AvgIpc) is 2.36. The molecule has 2 aromatic rings. The van der Waals surface area contributed by atoms with Crippen LogP contribution in [0.5, 0.6) is 5.75 Å². The summed E-state index contributed by atoms with van der Waals surface area (Å²) in [5, 5.41) is 0.695. The lowest BCUT2D eigenvalue weighted by molar-refractivity contribution is 0.320. The molecule has 0 amide bonds. The number of ether oxygens (including phenoxy) is 1. The Kier molecular flexibility index (Phi) is 4.25. The number of pyridine rings is 1. The molecule has 0 saturated heterocycles. The number of rotatable bonds is 5. The molecule has 0 bridgehead atoms. The van der Waals surface area contributed by atoms with Crippen LogP contribution in [0.1, 0.15) is 32.9 Å². The number of benzene rings is 1. The van der Waals surface area contributed by atoms with Crippen molar-refractivity contribution in [2.75, 3.05) is 6.61 Å². The van der Waals surface area contributed by atoms with Crippen molar-refractivity contribution in [1.29, 1.82) is 0 Å². The van der Waals surface area contributed by atoms with Crippen molar-refractivity contribution in [3.05, 3.63) is 40.2 Å². The quantitative estimate of drug-likeness (QED) is 0.892. The van der Waals surface area contributed by atoms with Crippen LogP contribution >= 0.6 is 0 Å². The van der Waals surface area contributed by atoms with Crippen molar-refractivity contribution in [2.45, 2.75) is 33.6 Å². The van der Waals surface area contributed by atoms with Crippen molar-refractivity contribution in [3.63, 3.8) is 0 Å². The molecule has 2 rings (SSSR count). The predicted molar refractivity (Wildman–Crippen MR) is 78.9 cm³/mol. The zero-order valence-corrected chi connectivity index (χ0v) is 11.8. The molecule has 19 heavy (non-hydrogen) atoms. The van der Waals surface area contributed by atoms with Crippen molar-refractivity contribution >= 4 is 10.9 Å². The third kappa shape index (κ3) is 3.16. The molecule has 0 aliphatic heterocycles. The Bertz CT molecular complexity index is 614. The second-order valence-corrected chi connectivity index (χ2v) is 5.28. The highest BCUT2D eigenvalue weighted by molar-refractivity contribution is 5.84. The van der Waals surface area contributed by atoms with E-state index in [1.807, 2.05) is 18.2 Å². The van der Waals surface area contributed by atoms with Gasteiger partial charge in [0.1, 0.15) is 5.75 Å². The van der Waals surface area contributed by atoms with E-state index < -0.39 is 0 Å². The van der Waals surface area contributed by atoms with Gasteiger partial charge in [0.15, 0.2) is 5.43 Å². The first-order valence-corrected chi connectivity index (χ1v) is 6.89. The first-order valence-electron chi connectivity index (χ1n) is 6.89. The second-order valence-electron chi connectivity index (χ2n) is 5.28. The molecule has 3 nitrogen and oxygen atoms in total. The molecule has 102 valence electrons. The molecule has 0 radical (unpaired) electrons. The van der Waals surface area contributed by atoms with E-state index >= 15 is 0 Å². The molecule has 0 spiro atoms. The predicted octanol–water partition coefficient (Wildman–Crippen LogP) is 3.52. The molecular weight excluding hydrogens is 238 g/mol. The maximum Gasteiger partial charge on any atom is 0.189 e. The van der Waals surface area contributed by atoms with E-state index in [0.717, 1.165) is 29.8 Å². The van der Waals surface area contributed by atoms with Gasteiger partial charge in [0, 0.05) is 17.1 Å². The van der Waals surface area contributed by atoms with E-state index in [9.17, 15) is 4.79 Å². The average molecular weight is 259 g/mol. The summed E-state index contributed by atoms with van der Waals surface area (Å²) in [4.78, 5) is 15.5. The number of hydrogen-bond acceptors (Lipinski definition) is 2. The summed E-state index contributed by atoms with van der Waals surface area (Å²) in [6.07, 6.45) is 1.82. The topological polar surface area (TPSA) is 42.1 Å². The third-order valence-corrected chi connectivity index (χ3v) is 2.97. The Balaban J connectivity index is 2.52. The lowest BCUT2D eigenvalue weighted by atomic mass is 10.1. The highest BCUT2D eigenvalue weighted by Gasteiger charge is 2.08. The summed E-state index contributed by atoms with van der Waals surface area (Å²) in [6, 6.07) is 7.32. The van der Waals surface area contributed by atoms with Gasteiger partial charge >= 0.3 is 0 Å². The fourth-order valence-electron chi connectivity index (χ4n) is 2.18. The first kappa shape index (κ1) is 13.7. The number of hydrogen-bond donors (Lipinski definition) is 1. The van der Waals surface area contributed by atoms with Crippen LogP contribution < -0.4 is 10.2 Å². The number of aromatic amines is 1. The van der Waals surface area contributed by atoms with E-state index in [4.69, 9.17) is 4.74 Å². The molecule has 1 heterocycles. The van der Waals surface area contributed by atoms with E-state index in [0.29, 0.717) is 17.9 Å². The Morgan fingerprint density at radius 3 is 2.79 bits per heavy atom. The van der Waals surface area contributed by atoms with E-state index in [1.165, 1.54) is 0 Å². The second kappa shape index (κ2) is 5.91. The first-order chi connectivity index (χ1) is 9.11. The van der Waals surface area contributed by atoms with Crippen LogP contribution in [-0.4, -0.2) is 11.6 Å². The maximum absolute atomic E-state index is 12.1. The lowest BCUT2D eigenvalue weighted by Crippen LogP contribution is -2.08. The molecule has 0 fully saturated rings. The van der Waals surface area contributed by atoms with Crippen molar-refractivity contribution in [1.82, 2.24) is 4.98 Å². The van der Waals surface area contributed by atoms with Crippen LogP contribution in [0, 0.1) is 5.92 Å². The minimum Gasteiger partial charge on any atom is -0.491 e. The number of H-pyrrole nitrogens is 1. The Morgan fingerprint density at radius 1 is 1.32 bits per heavy atom.